The maximum absolute atomic E-state index is 12.4. The van der Waals surface area contributed by atoms with Gasteiger partial charge in [0.15, 0.2) is 11.5 Å². The normalized spacial score (nSPS) is 11.7. The Bertz CT molecular complexity index is 692. The molecule has 2 aromatic rings. The number of aromatic nitrogens is 1. The zero-order chi connectivity index (χ0) is 18.8. The number of pyridine rings is 1. The lowest BCUT2D eigenvalue weighted by Crippen LogP contribution is -2.38. The molecule has 6 heteroatoms. The summed E-state index contributed by atoms with van der Waals surface area (Å²) in [6, 6.07) is 9.26. The number of ether oxygens (including phenoxy) is 2. The summed E-state index contributed by atoms with van der Waals surface area (Å²) in [6.07, 6.45) is 3.48. The second kappa shape index (κ2) is 10.4. The van der Waals surface area contributed by atoms with Crippen LogP contribution in [0, 0.1) is 0 Å². The molecule has 1 amide bonds. The van der Waals surface area contributed by atoms with E-state index in [1.54, 1.807) is 30.6 Å². The Balaban J connectivity index is 2.03. The van der Waals surface area contributed by atoms with Crippen LogP contribution in [0.5, 0.6) is 11.5 Å². The van der Waals surface area contributed by atoms with Crippen molar-refractivity contribution in [1.82, 2.24) is 15.6 Å². The molecule has 1 aromatic heterocycles. The highest BCUT2D eigenvalue weighted by Gasteiger charge is 2.12. The summed E-state index contributed by atoms with van der Waals surface area (Å²) in [4.78, 5) is 16.4. The summed E-state index contributed by atoms with van der Waals surface area (Å²) in [5, 5.41) is 6.18. The molecule has 6 nitrogen and oxygen atoms in total. The maximum atomic E-state index is 12.4. The Hall–Kier alpha value is -2.60. The van der Waals surface area contributed by atoms with Crippen LogP contribution in [0.3, 0.4) is 0 Å². The van der Waals surface area contributed by atoms with Crippen molar-refractivity contribution in [3.63, 3.8) is 0 Å². The Kier molecular flexibility index (Phi) is 7.89. The monoisotopic (exact) mass is 357 g/mol. The molecule has 0 aliphatic carbocycles. The average Bonchev–Trinajstić information content (AvgIpc) is 2.66. The van der Waals surface area contributed by atoms with Crippen LogP contribution in [-0.2, 0) is 6.61 Å². The first kappa shape index (κ1) is 19.7. The lowest BCUT2D eigenvalue weighted by atomic mass is 10.2. The summed E-state index contributed by atoms with van der Waals surface area (Å²) in [5.41, 5.74) is 1.51. The molecule has 1 atom stereocenters. The SMILES string of the molecule is CCN[C@H](C)CNC(=O)c1ccc(OCc2cccnc2)c(OCC)c1. The number of benzene rings is 1. The molecule has 0 aliphatic heterocycles. The van der Waals surface area contributed by atoms with Gasteiger partial charge >= 0.3 is 0 Å². The van der Waals surface area contributed by atoms with E-state index in [2.05, 4.69) is 15.6 Å². The van der Waals surface area contributed by atoms with Gasteiger partial charge < -0.3 is 20.1 Å². The largest absolute Gasteiger partial charge is 0.490 e. The molecule has 140 valence electrons. The van der Waals surface area contributed by atoms with E-state index >= 15 is 0 Å². The van der Waals surface area contributed by atoms with Gasteiger partial charge in [-0.15, -0.1) is 0 Å². The van der Waals surface area contributed by atoms with Gasteiger partial charge in [-0.2, -0.15) is 0 Å². The molecule has 0 fully saturated rings. The second-order valence-corrected chi connectivity index (χ2v) is 5.91. The number of nitrogens with one attached hydrogen (secondary N) is 2. The van der Waals surface area contributed by atoms with Gasteiger partial charge in [0, 0.05) is 36.1 Å². The van der Waals surface area contributed by atoms with Crippen LogP contribution in [0.2, 0.25) is 0 Å². The van der Waals surface area contributed by atoms with Gasteiger partial charge in [0.25, 0.3) is 5.91 Å². The number of rotatable bonds is 10. The van der Waals surface area contributed by atoms with E-state index in [0.717, 1.165) is 12.1 Å². The number of carbonyl (C=O) groups is 1. The van der Waals surface area contributed by atoms with E-state index in [0.29, 0.717) is 36.8 Å². The molecule has 0 saturated heterocycles. The fraction of sp³-hybridized carbons (Fsp3) is 0.400. The molecule has 2 N–H and O–H groups in total. The van der Waals surface area contributed by atoms with Crippen molar-refractivity contribution in [2.75, 3.05) is 19.7 Å². The van der Waals surface area contributed by atoms with Crippen LogP contribution in [0.25, 0.3) is 0 Å². The van der Waals surface area contributed by atoms with E-state index < -0.39 is 0 Å². The second-order valence-electron chi connectivity index (χ2n) is 5.91. The minimum Gasteiger partial charge on any atom is -0.490 e. The molecule has 1 aromatic carbocycles. The van der Waals surface area contributed by atoms with Crippen molar-refractivity contribution in [3.8, 4) is 11.5 Å². The highest BCUT2D eigenvalue weighted by Crippen LogP contribution is 2.29. The van der Waals surface area contributed by atoms with Crippen LogP contribution in [0.15, 0.2) is 42.7 Å². The Morgan fingerprint density at radius 2 is 2.04 bits per heavy atom. The van der Waals surface area contributed by atoms with E-state index in [1.807, 2.05) is 32.9 Å². The number of carbonyl (C=O) groups excluding carboxylic acids is 1. The zero-order valence-electron chi connectivity index (χ0n) is 15.6. The number of amides is 1. The number of likely N-dealkylation sites (N-methyl/N-ethyl adjacent to an activating group) is 1. The standard InChI is InChI=1S/C20H27N3O3/c1-4-22-15(3)12-23-20(24)17-8-9-18(19(11-17)25-5-2)26-14-16-7-6-10-21-13-16/h6-11,13,15,22H,4-5,12,14H2,1-3H3,(H,23,24)/t15-/m1/s1. The first-order valence-electron chi connectivity index (χ1n) is 8.94. The molecule has 0 saturated carbocycles. The first-order chi connectivity index (χ1) is 12.6. The molecule has 0 aliphatic rings. The highest BCUT2D eigenvalue weighted by molar-refractivity contribution is 5.94. The third-order valence-electron chi connectivity index (χ3n) is 3.74. The molecule has 2 rings (SSSR count). The third kappa shape index (κ3) is 6.04. The number of nitrogens with zero attached hydrogens (tertiary/aromatic N) is 1. The van der Waals surface area contributed by atoms with E-state index in [-0.39, 0.29) is 11.9 Å². The third-order valence-corrected chi connectivity index (χ3v) is 3.74. The zero-order valence-corrected chi connectivity index (χ0v) is 15.6. The van der Waals surface area contributed by atoms with Gasteiger partial charge in [0.2, 0.25) is 0 Å². The highest BCUT2D eigenvalue weighted by atomic mass is 16.5. The number of hydrogen-bond acceptors (Lipinski definition) is 5. The van der Waals surface area contributed by atoms with Crippen molar-refractivity contribution in [2.24, 2.45) is 0 Å². The van der Waals surface area contributed by atoms with Crippen molar-refractivity contribution in [3.05, 3.63) is 53.9 Å². The lowest BCUT2D eigenvalue weighted by Gasteiger charge is -2.15. The van der Waals surface area contributed by atoms with Crippen molar-refractivity contribution in [1.29, 1.82) is 0 Å². The molecule has 0 radical (unpaired) electrons. The van der Waals surface area contributed by atoms with Gasteiger partial charge in [-0.25, -0.2) is 0 Å². The summed E-state index contributed by atoms with van der Waals surface area (Å²) < 4.78 is 11.5. The van der Waals surface area contributed by atoms with Gasteiger partial charge in [-0.05, 0) is 44.7 Å². The van der Waals surface area contributed by atoms with E-state index in [4.69, 9.17) is 9.47 Å². The Labute approximate surface area is 154 Å². The molecule has 0 unspecified atom stereocenters. The van der Waals surface area contributed by atoms with Gasteiger partial charge in [0.1, 0.15) is 6.61 Å². The van der Waals surface area contributed by atoms with Crippen LogP contribution >= 0.6 is 0 Å². The molecular weight excluding hydrogens is 330 g/mol. The van der Waals surface area contributed by atoms with Crippen LogP contribution in [-0.4, -0.2) is 36.6 Å². The lowest BCUT2D eigenvalue weighted by molar-refractivity contribution is 0.0949. The van der Waals surface area contributed by atoms with Gasteiger partial charge in [-0.1, -0.05) is 13.0 Å². The van der Waals surface area contributed by atoms with Crippen molar-refractivity contribution in [2.45, 2.75) is 33.4 Å². The quantitative estimate of drug-likeness (QED) is 0.684. The number of hydrogen-bond donors (Lipinski definition) is 2. The summed E-state index contributed by atoms with van der Waals surface area (Å²) in [6.45, 7) is 8.28. The van der Waals surface area contributed by atoms with Crippen molar-refractivity contribution >= 4 is 5.91 Å². The topological polar surface area (TPSA) is 72.5 Å². The van der Waals surface area contributed by atoms with E-state index in [9.17, 15) is 4.79 Å². The summed E-state index contributed by atoms with van der Waals surface area (Å²) in [5.74, 6) is 1.03. The van der Waals surface area contributed by atoms with Crippen LogP contribution in [0.1, 0.15) is 36.7 Å². The summed E-state index contributed by atoms with van der Waals surface area (Å²) in [7, 11) is 0. The average molecular weight is 357 g/mol. The van der Waals surface area contributed by atoms with Crippen LogP contribution < -0.4 is 20.1 Å². The van der Waals surface area contributed by atoms with Crippen LogP contribution in [0.4, 0.5) is 0 Å². The first-order valence-corrected chi connectivity index (χ1v) is 8.94. The molecule has 1 heterocycles. The predicted molar refractivity (Wildman–Crippen MR) is 102 cm³/mol. The van der Waals surface area contributed by atoms with Gasteiger partial charge in [-0.3, -0.25) is 9.78 Å². The minimum atomic E-state index is -0.130. The predicted octanol–water partition coefficient (Wildman–Crippen LogP) is 2.79. The maximum Gasteiger partial charge on any atom is 0.251 e. The Morgan fingerprint density at radius 1 is 1.19 bits per heavy atom. The fourth-order valence-corrected chi connectivity index (χ4v) is 2.45. The fourth-order valence-electron chi connectivity index (χ4n) is 2.45. The minimum absolute atomic E-state index is 0.130. The van der Waals surface area contributed by atoms with E-state index in [1.165, 1.54) is 0 Å². The molecular formula is C20H27N3O3. The summed E-state index contributed by atoms with van der Waals surface area (Å²) >= 11 is 0. The Morgan fingerprint density at radius 3 is 2.73 bits per heavy atom. The van der Waals surface area contributed by atoms with Gasteiger partial charge in [0.05, 0.1) is 6.61 Å². The smallest absolute Gasteiger partial charge is 0.251 e. The molecule has 0 bridgehead atoms. The van der Waals surface area contributed by atoms with Crippen molar-refractivity contribution < 1.29 is 14.3 Å². The molecule has 0 spiro atoms. The molecule has 26 heavy (non-hydrogen) atoms.